The lowest BCUT2D eigenvalue weighted by Gasteiger charge is -2.20. The molecule has 1 saturated heterocycles. The highest BCUT2D eigenvalue weighted by Gasteiger charge is 2.18. The first-order valence-corrected chi connectivity index (χ1v) is 7.13. The van der Waals surface area contributed by atoms with Gasteiger partial charge in [0.15, 0.2) is 0 Å². The van der Waals surface area contributed by atoms with E-state index >= 15 is 0 Å². The van der Waals surface area contributed by atoms with Crippen LogP contribution in [0.2, 0.25) is 0 Å². The minimum atomic E-state index is -0.542. The van der Waals surface area contributed by atoms with Crippen molar-refractivity contribution in [3.8, 4) is 0 Å². The number of hydrogen-bond acceptors (Lipinski definition) is 4. The van der Waals surface area contributed by atoms with E-state index in [1.165, 1.54) is 12.1 Å². The van der Waals surface area contributed by atoms with Gasteiger partial charge < -0.3 is 15.2 Å². The molecule has 1 amide bonds. The summed E-state index contributed by atoms with van der Waals surface area (Å²) in [6.45, 7) is 2.71. The third-order valence-corrected chi connectivity index (χ3v) is 3.35. The van der Waals surface area contributed by atoms with Crippen LogP contribution in [0.25, 0.3) is 0 Å². The number of aliphatic hydroxyl groups is 1. The molecule has 0 spiro atoms. The van der Waals surface area contributed by atoms with Crippen molar-refractivity contribution in [1.82, 2.24) is 10.2 Å². The Kier molecular flexibility index (Phi) is 6.10. The topological polar surface area (TPSA) is 61.8 Å². The van der Waals surface area contributed by atoms with Crippen LogP contribution in [0.1, 0.15) is 5.56 Å². The number of nitrogens with one attached hydrogen (secondary N) is 1. The van der Waals surface area contributed by atoms with Crippen LogP contribution in [0.5, 0.6) is 0 Å². The van der Waals surface area contributed by atoms with E-state index in [4.69, 9.17) is 4.74 Å². The van der Waals surface area contributed by atoms with E-state index in [9.17, 15) is 14.3 Å². The van der Waals surface area contributed by atoms with Gasteiger partial charge in [0.05, 0.1) is 25.9 Å². The molecule has 0 radical (unpaired) electrons. The van der Waals surface area contributed by atoms with Gasteiger partial charge >= 0.3 is 0 Å². The zero-order valence-electron chi connectivity index (χ0n) is 11.9. The standard InChI is InChI=1S/C15H21FN2O3/c16-13-3-1-12(2-4-13)5-6-17-15(20)10-18-7-8-21-11-14(19)9-18/h1-4,14,19H,5-11H2,(H,17,20). The molecule has 0 aliphatic carbocycles. The lowest BCUT2D eigenvalue weighted by Crippen LogP contribution is -2.41. The lowest BCUT2D eigenvalue weighted by molar-refractivity contribution is -0.122. The number of amides is 1. The summed E-state index contributed by atoms with van der Waals surface area (Å²) >= 11 is 0. The molecule has 0 bridgehead atoms. The summed E-state index contributed by atoms with van der Waals surface area (Å²) in [4.78, 5) is 13.7. The second-order valence-electron chi connectivity index (χ2n) is 5.19. The molecule has 5 nitrogen and oxygen atoms in total. The highest BCUT2D eigenvalue weighted by molar-refractivity contribution is 5.78. The van der Waals surface area contributed by atoms with E-state index in [-0.39, 0.29) is 18.3 Å². The van der Waals surface area contributed by atoms with Gasteiger partial charge in [-0.2, -0.15) is 0 Å². The van der Waals surface area contributed by atoms with Gasteiger partial charge in [-0.1, -0.05) is 12.1 Å². The van der Waals surface area contributed by atoms with Gasteiger partial charge in [-0.15, -0.1) is 0 Å². The number of β-amino-alcohol motifs (C(OH)–C–C–N with tert-alkyl or cyclic N) is 1. The smallest absolute Gasteiger partial charge is 0.234 e. The number of carbonyl (C=O) groups excluding carboxylic acids is 1. The average Bonchev–Trinajstić information content (AvgIpc) is 2.65. The molecular weight excluding hydrogens is 275 g/mol. The van der Waals surface area contributed by atoms with Crippen LogP contribution < -0.4 is 5.32 Å². The minimum absolute atomic E-state index is 0.0776. The van der Waals surface area contributed by atoms with Crippen molar-refractivity contribution in [1.29, 1.82) is 0 Å². The van der Waals surface area contributed by atoms with Crippen LogP contribution in [-0.2, 0) is 16.0 Å². The molecule has 1 heterocycles. The van der Waals surface area contributed by atoms with Crippen molar-refractivity contribution in [3.05, 3.63) is 35.6 Å². The quantitative estimate of drug-likeness (QED) is 0.813. The average molecular weight is 296 g/mol. The molecule has 21 heavy (non-hydrogen) atoms. The Balaban J connectivity index is 1.68. The maximum atomic E-state index is 12.8. The first-order valence-electron chi connectivity index (χ1n) is 7.13. The first-order chi connectivity index (χ1) is 10.1. The summed E-state index contributed by atoms with van der Waals surface area (Å²) < 4.78 is 18.0. The summed E-state index contributed by atoms with van der Waals surface area (Å²) in [6.07, 6.45) is 0.122. The van der Waals surface area contributed by atoms with Crippen LogP contribution >= 0.6 is 0 Å². The van der Waals surface area contributed by atoms with E-state index in [1.807, 2.05) is 4.90 Å². The highest BCUT2D eigenvalue weighted by atomic mass is 19.1. The van der Waals surface area contributed by atoms with E-state index in [1.54, 1.807) is 12.1 Å². The Morgan fingerprint density at radius 1 is 1.43 bits per heavy atom. The maximum absolute atomic E-state index is 12.8. The zero-order chi connectivity index (χ0) is 15.1. The van der Waals surface area contributed by atoms with Gasteiger partial charge in [-0.05, 0) is 24.1 Å². The Morgan fingerprint density at radius 3 is 2.95 bits per heavy atom. The number of hydrogen-bond donors (Lipinski definition) is 2. The van der Waals surface area contributed by atoms with Gasteiger partial charge in [0.25, 0.3) is 0 Å². The van der Waals surface area contributed by atoms with Crippen molar-refractivity contribution >= 4 is 5.91 Å². The van der Waals surface area contributed by atoms with Crippen molar-refractivity contribution < 1.29 is 19.0 Å². The van der Waals surface area contributed by atoms with Crippen LogP contribution in [0.3, 0.4) is 0 Å². The monoisotopic (exact) mass is 296 g/mol. The predicted molar refractivity (Wildman–Crippen MR) is 76.4 cm³/mol. The number of aliphatic hydroxyl groups excluding tert-OH is 1. The van der Waals surface area contributed by atoms with Crippen LogP contribution in [0.15, 0.2) is 24.3 Å². The number of rotatable bonds is 5. The summed E-state index contributed by atoms with van der Waals surface area (Å²) in [5.41, 5.74) is 0.982. The maximum Gasteiger partial charge on any atom is 0.234 e. The summed E-state index contributed by atoms with van der Waals surface area (Å²) in [5.74, 6) is -0.337. The molecule has 1 aromatic carbocycles. The Labute approximate surface area is 123 Å². The summed E-state index contributed by atoms with van der Waals surface area (Å²) in [5, 5.41) is 12.4. The van der Waals surface area contributed by atoms with Crippen molar-refractivity contribution in [2.75, 3.05) is 39.4 Å². The molecule has 1 fully saturated rings. The molecule has 1 aromatic rings. The molecule has 1 aliphatic rings. The number of halogens is 1. The van der Waals surface area contributed by atoms with Crippen LogP contribution in [0, 0.1) is 5.82 Å². The van der Waals surface area contributed by atoms with Crippen molar-refractivity contribution in [3.63, 3.8) is 0 Å². The summed E-state index contributed by atoms with van der Waals surface area (Å²) in [7, 11) is 0. The Bertz CT molecular complexity index is 453. The molecule has 1 unspecified atom stereocenters. The van der Waals surface area contributed by atoms with Gasteiger partial charge in [-0.3, -0.25) is 9.69 Å². The fourth-order valence-electron chi connectivity index (χ4n) is 2.25. The minimum Gasteiger partial charge on any atom is -0.389 e. The number of ether oxygens (including phenoxy) is 1. The molecule has 0 saturated carbocycles. The molecule has 2 rings (SSSR count). The van der Waals surface area contributed by atoms with Gasteiger partial charge in [0, 0.05) is 19.6 Å². The second-order valence-corrected chi connectivity index (χ2v) is 5.19. The molecule has 6 heteroatoms. The molecule has 116 valence electrons. The van der Waals surface area contributed by atoms with Crippen molar-refractivity contribution in [2.24, 2.45) is 0 Å². The van der Waals surface area contributed by atoms with Gasteiger partial charge in [-0.25, -0.2) is 4.39 Å². The SMILES string of the molecule is O=C(CN1CCOCC(O)C1)NCCc1ccc(F)cc1. The fraction of sp³-hybridized carbons (Fsp3) is 0.533. The van der Waals surface area contributed by atoms with E-state index in [0.717, 1.165) is 5.56 Å². The Hall–Kier alpha value is -1.50. The molecule has 1 aliphatic heterocycles. The number of nitrogens with zero attached hydrogens (tertiary/aromatic N) is 1. The van der Waals surface area contributed by atoms with E-state index < -0.39 is 6.10 Å². The molecule has 1 atom stereocenters. The Morgan fingerprint density at radius 2 is 2.19 bits per heavy atom. The largest absolute Gasteiger partial charge is 0.389 e. The highest BCUT2D eigenvalue weighted by Crippen LogP contribution is 2.03. The van der Waals surface area contributed by atoms with Gasteiger partial charge in [0.2, 0.25) is 5.91 Å². The third-order valence-electron chi connectivity index (χ3n) is 3.35. The first kappa shape index (κ1) is 15.9. The third kappa shape index (κ3) is 5.79. The van der Waals surface area contributed by atoms with Gasteiger partial charge in [0.1, 0.15) is 5.82 Å². The second kappa shape index (κ2) is 8.07. The zero-order valence-corrected chi connectivity index (χ0v) is 11.9. The van der Waals surface area contributed by atoms with Crippen LogP contribution in [0.4, 0.5) is 4.39 Å². The molecular formula is C15H21FN2O3. The van der Waals surface area contributed by atoms with E-state index in [2.05, 4.69) is 5.32 Å². The molecule has 0 aromatic heterocycles. The molecule has 2 N–H and O–H groups in total. The van der Waals surface area contributed by atoms with Crippen LogP contribution in [-0.4, -0.2) is 61.4 Å². The number of carbonyl (C=O) groups is 1. The number of benzene rings is 1. The fourth-order valence-corrected chi connectivity index (χ4v) is 2.25. The predicted octanol–water partition coefficient (Wildman–Crippen LogP) is 0.178. The van der Waals surface area contributed by atoms with Crippen molar-refractivity contribution in [2.45, 2.75) is 12.5 Å². The summed E-state index contributed by atoms with van der Waals surface area (Å²) in [6, 6.07) is 6.25. The van der Waals surface area contributed by atoms with E-state index in [0.29, 0.717) is 39.3 Å². The lowest BCUT2D eigenvalue weighted by atomic mass is 10.1. The normalized spacial score (nSPS) is 20.0.